The Hall–Kier alpha value is -3.23. The number of fused-ring (bicyclic) bond motifs is 3. The highest BCUT2D eigenvalue weighted by atomic mass is 16.5. The molecular formula is C24H27N5O3. The lowest BCUT2D eigenvalue weighted by Crippen LogP contribution is -2.39. The molecule has 2 aromatic carbocycles. The van der Waals surface area contributed by atoms with Crippen molar-refractivity contribution in [2.75, 3.05) is 49.6 Å². The van der Waals surface area contributed by atoms with Gasteiger partial charge >= 0.3 is 0 Å². The summed E-state index contributed by atoms with van der Waals surface area (Å²) in [5, 5.41) is 2.90. The summed E-state index contributed by atoms with van der Waals surface area (Å²) in [6, 6.07) is 16.5. The molecule has 2 amide bonds. The minimum atomic E-state index is -0.593. The first kappa shape index (κ1) is 20.7. The average Bonchev–Trinajstić information content (AvgIpc) is 3.31. The third-order valence-electron chi connectivity index (χ3n) is 6.08. The zero-order chi connectivity index (χ0) is 21.9. The third kappa shape index (κ3) is 4.11. The van der Waals surface area contributed by atoms with Crippen molar-refractivity contribution in [3.05, 3.63) is 54.6 Å². The molecule has 0 saturated carbocycles. The highest BCUT2D eigenvalue weighted by Gasteiger charge is 2.40. The minimum Gasteiger partial charge on any atom is -0.379 e. The van der Waals surface area contributed by atoms with E-state index in [9.17, 15) is 9.59 Å². The van der Waals surface area contributed by atoms with Crippen LogP contribution in [0.1, 0.15) is 18.9 Å². The second kappa shape index (κ2) is 9.10. The van der Waals surface area contributed by atoms with E-state index in [1.165, 1.54) is 0 Å². The second-order valence-corrected chi connectivity index (χ2v) is 8.20. The van der Waals surface area contributed by atoms with Crippen molar-refractivity contribution >= 4 is 34.5 Å². The van der Waals surface area contributed by atoms with Crippen LogP contribution in [-0.4, -0.2) is 65.7 Å². The molecule has 2 aliphatic rings. The summed E-state index contributed by atoms with van der Waals surface area (Å²) < 4.78 is 7.34. The summed E-state index contributed by atoms with van der Waals surface area (Å²) >= 11 is 0. The van der Waals surface area contributed by atoms with Gasteiger partial charge in [-0.05, 0) is 30.7 Å². The average molecular weight is 434 g/mol. The van der Waals surface area contributed by atoms with E-state index < -0.39 is 6.04 Å². The van der Waals surface area contributed by atoms with E-state index in [2.05, 4.69) is 10.2 Å². The molecule has 1 fully saturated rings. The lowest BCUT2D eigenvalue weighted by Gasteiger charge is -2.27. The van der Waals surface area contributed by atoms with Crippen molar-refractivity contribution < 1.29 is 14.3 Å². The Kier molecular flexibility index (Phi) is 5.87. The highest BCUT2D eigenvalue weighted by molar-refractivity contribution is 6.05. The Morgan fingerprint density at radius 1 is 1.03 bits per heavy atom. The number of morpholine rings is 1. The normalized spacial score (nSPS) is 18.8. The molecule has 1 atom stereocenters. The molecule has 0 bridgehead atoms. The Bertz CT molecular complexity index is 1110. The molecule has 3 heterocycles. The predicted octanol–water partition coefficient (Wildman–Crippen LogP) is 2.68. The van der Waals surface area contributed by atoms with Gasteiger partial charge in [-0.15, -0.1) is 0 Å². The van der Waals surface area contributed by atoms with Crippen LogP contribution in [0.15, 0.2) is 54.6 Å². The molecule has 1 saturated heterocycles. The van der Waals surface area contributed by atoms with Gasteiger partial charge in [-0.3, -0.25) is 24.0 Å². The summed E-state index contributed by atoms with van der Waals surface area (Å²) in [5.41, 5.74) is 2.44. The molecule has 5 rings (SSSR count). The standard InChI is InChI=1S/C24H27N5O3/c30-22(25-18-7-2-1-3-8-18)17-21-23(31)28(12-6-11-27-13-15-32-16-14-27)24-26-19-9-4-5-10-20(19)29(21)24/h1-5,7-10,21H,6,11-17H2,(H,25,30)/t21-/m1/s1. The third-order valence-corrected chi connectivity index (χ3v) is 6.08. The predicted molar refractivity (Wildman–Crippen MR) is 123 cm³/mol. The van der Waals surface area contributed by atoms with Crippen LogP contribution < -0.4 is 10.2 Å². The topological polar surface area (TPSA) is 79.7 Å². The van der Waals surface area contributed by atoms with Gasteiger partial charge in [0.2, 0.25) is 11.9 Å². The van der Waals surface area contributed by atoms with Crippen LogP contribution in [0.3, 0.4) is 0 Å². The molecule has 8 nitrogen and oxygen atoms in total. The number of imidazole rings is 1. The molecule has 0 unspecified atom stereocenters. The Labute approximate surface area is 186 Å². The van der Waals surface area contributed by atoms with E-state index in [-0.39, 0.29) is 18.2 Å². The van der Waals surface area contributed by atoms with E-state index in [0.29, 0.717) is 12.5 Å². The number of nitrogens with zero attached hydrogens (tertiary/aromatic N) is 4. The number of ether oxygens (including phenoxy) is 1. The second-order valence-electron chi connectivity index (χ2n) is 8.20. The maximum atomic E-state index is 13.4. The maximum absolute atomic E-state index is 13.4. The number of aromatic nitrogens is 2. The van der Waals surface area contributed by atoms with Crippen LogP contribution in [0, 0.1) is 0 Å². The number of carbonyl (C=O) groups is 2. The Balaban J connectivity index is 1.34. The number of anilines is 2. The first-order valence-electron chi connectivity index (χ1n) is 11.1. The molecule has 0 spiro atoms. The van der Waals surface area contributed by atoms with Crippen molar-refractivity contribution in [3.8, 4) is 0 Å². The van der Waals surface area contributed by atoms with Gasteiger partial charge in [0.25, 0.3) is 5.91 Å². The van der Waals surface area contributed by atoms with Crippen LogP contribution in [0.4, 0.5) is 11.6 Å². The number of carbonyl (C=O) groups excluding carboxylic acids is 2. The van der Waals surface area contributed by atoms with Gasteiger partial charge in [-0.1, -0.05) is 30.3 Å². The van der Waals surface area contributed by atoms with Crippen LogP contribution >= 0.6 is 0 Å². The molecule has 0 aliphatic carbocycles. The molecule has 0 radical (unpaired) electrons. The summed E-state index contributed by atoms with van der Waals surface area (Å²) in [5.74, 6) is 0.382. The lowest BCUT2D eigenvalue weighted by molar-refractivity contribution is -0.124. The van der Waals surface area contributed by atoms with E-state index >= 15 is 0 Å². The van der Waals surface area contributed by atoms with Crippen molar-refractivity contribution in [1.82, 2.24) is 14.5 Å². The molecule has 1 aromatic heterocycles. The molecule has 2 aliphatic heterocycles. The fourth-order valence-corrected chi connectivity index (χ4v) is 4.49. The highest BCUT2D eigenvalue weighted by Crippen LogP contribution is 2.36. The molecule has 32 heavy (non-hydrogen) atoms. The van der Waals surface area contributed by atoms with Gasteiger partial charge in [0.05, 0.1) is 30.7 Å². The number of nitrogens with one attached hydrogen (secondary N) is 1. The molecule has 8 heteroatoms. The zero-order valence-corrected chi connectivity index (χ0v) is 17.9. The Morgan fingerprint density at radius 3 is 2.59 bits per heavy atom. The van der Waals surface area contributed by atoms with Crippen LogP contribution in [0.25, 0.3) is 11.0 Å². The number of rotatable bonds is 7. The SMILES string of the molecule is O=C(C[C@@H]1C(=O)N(CCCN2CCOCC2)c2nc3ccccc3n21)Nc1ccccc1. The van der Waals surface area contributed by atoms with E-state index in [0.717, 1.165) is 56.0 Å². The zero-order valence-electron chi connectivity index (χ0n) is 17.9. The molecule has 3 aromatic rings. The Morgan fingerprint density at radius 2 is 1.78 bits per heavy atom. The van der Waals surface area contributed by atoms with E-state index in [4.69, 9.17) is 9.72 Å². The largest absolute Gasteiger partial charge is 0.379 e. The summed E-state index contributed by atoms with van der Waals surface area (Å²) in [6.07, 6.45) is 0.916. The first-order chi connectivity index (χ1) is 15.7. The van der Waals surface area contributed by atoms with Crippen molar-refractivity contribution in [3.63, 3.8) is 0 Å². The fourth-order valence-electron chi connectivity index (χ4n) is 4.49. The van der Waals surface area contributed by atoms with Crippen molar-refractivity contribution in [2.24, 2.45) is 0 Å². The van der Waals surface area contributed by atoms with Gasteiger partial charge in [-0.25, -0.2) is 4.98 Å². The number of benzene rings is 2. The molecule has 1 N–H and O–H groups in total. The number of para-hydroxylation sites is 3. The summed E-state index contributed by atoms with van der Waals surface area (Å²) in [6.45, 7) is 4.86. The van der Waals surface area contributed by atoms with Crippen molar-refractivity contribution in [1.29, 1.82) is 0 Å². The summed E-state index contributed by atoms with van der Waals surface area (Å²) in [4.78, 5) is 35.0. The van der Waals surface area contributed by atoms with Gasteiger partial charge in [0.1, 0.15) is 6.04 Å². The van der Waals surface area contributed by atoms with Crippen LogP contribution in [-0.2, 0) is 14.3 Å². The fraction of sp³-hybridized carbons (Fsp3) is 0.375. The van der Waals surface area contributed by atoms with Gasteiger partial charge in [0, 0.05) is 31.9 Å². The van der Waals surface area contributed by atoms with Crippen molar-refractivity contribution in [2.45, 2.75) is 18.9 Å². The lowest BCUT2D eigenvalue weighted by atomic mass is 10.1. The van der Waals surface area contributed by atoms with E-state index in [1.54, 1.807) is 4.90 Å². The number of hydrogen-bond acceptors (Lipinski definition) is 5. The minimum absolute atomic E-state index is 0.0663. The first-order valence-corrected chi connectivity index (χ1v) is 11.1. The molecular weight excluding hydrogens is 406 g/mol. The quantitative estimate of drug-likeness (QED) is 0.620. The molecule has 166 valence electrons. The smallest absolute Gasteiger partial charge is 0.253 e. The van der Waals surface area contributed by atoms with Gasteiger partial charge < -0.3 is 10.1 Å². The number of amides is 2. The number of hydrogen-bond donors (Lipinski definition) is 1. The van der Waals surface area contributed by atoms with Gasteiger partial charge in [0.15, 0.2) is 0 Å². The van der Waals surface area contributed by atoms with Crippen LogP contribution in [0.5, 0.6) is 0 Å². The van der Waals surface area contributed by atoms with Gasteiger partial charge in [-0.2, -0.15) is 0 Å². The van der Waals surface area contributed by atoms with E-state index in [1.807, 2.05) is 59.2 Å². The maximum Gasteiger partial charge on any atom is 0.253 e. The van der Waals surface area contributed by atoms with Crippen LogP contribution in [0.2, 0.25) is 0 Å². The monoisotopic (exact) mass is 433 g/mol. The summed E-state index contributed by atoms with van der Waals surface area (Å²) in [7, 11) is 0.